The molecule has 9 heteroatoms. The van der Waals surface area contributed by atoms with Crippen molar-refractivity contribution in [1.82, 2.24) is 9.78 Å². The van der Waals surface area contributed by atoms with Gasteiger partial charge in [0.15, 0.2) is 0 Å². The van der Waals surface area contributed by atoms with E-state index in [1.165, 1.54) is 6.20 Å². The molecular weight excluding hydrogens is 361 g/mol. The minimum Gasteiger partial charge on any atom is -0.478 e. The molecular formula is C17H20FN3O4S. The van der Waals surface area contributed by atoms with Crippen LogP contribution in [-0.2, 0) is 16.6 Å². The Morgan fingerprint density at radius 1 is 1.42 bits per heavy atom. The quantitative estimate of drug-likeness (QED) is 0.768. The largest absolute Gasteiger partial charge is 0.478 e. The zero-order chi connectivity index (χ0) is 19.1. The molecule has 0 spiro atoms. The van der Waals surface area contributed by atoms with E-state index in [4.69, 9.17) is 5.11 Å². The van der Waals surface area contributed by atoms with Gasteiger partial charge in [0.05, 0.1) is 28.0 Å². The van der Waals surface area contributed by atoms with Gasteiger partial charge < -0.3 is 5.11 Å². The molecule has 0 atom stereocenters. The average molecular weight is 381 g/mol. The lowest BCUT2D eigenvalue weighted by molar-refractivity contribution is 0.0691. The molecule has 0 unspecified atom stereocenters. The first-order valence-electron chi connectivity index (χ1n) is 8.30. The van der Waals surface area contributed by atoms with Crippen LogP contribution in [0, 0.1) is 11.7 Å². The van der Waals surface area contributed by atoms with E-state index in [1.54, 1.807) is 0 Å². The zero-order valence-electron chi connectivity index (χ0n) is 14.4. The van der Waals surface area contributed by atoms with Gasteiger partial charge in [0.2, 0.25) is 0 Å². The number of aromatic carboxylic acids is 1. The van der Waals surface area contributed by atoms with Crippen LogP contribution in [0.25, 0.3) is 0 Å². The van der Waals surface area contributed by atoms with Gasteiger partial charge in [0.1, 0.15) is 5.82 Å². The van der Waals surface area contributed by atoms with Crippen LogP contribution >= 0.6 is 0 Å². The second kappa shape index (κ2) is 6.71. The normalized spacial score (nSPS) is 14.6. The van der Waals surface area contributed by atoms with E-state index < -0.39 is 27.4 Å². The van der Waals surface area contributed by atoms with Crippen molar-refractivity contribution in [2.45, 2.75) is 44.0 Å². The molecule has 0 bridgehead atoms. The van der Waals surface area contributed by atoms with Crippen molar-refractivity contribution >= 4 is 21.7 Å². The highest BCUT2D eigenvalue weighted by Crippen LogP contribution is 2.44. The average Bonchev–Trinajstić information content (AvgIpc) is 3.30. The van der Waals surface area contributed by atoms with Gasteiger partial charge in [-0.1, -0.05) is 13.8 Å². The number of carboxylic acid groups (broad SMARTS) is 1. The lowest BCUT2D eigenvalue weighted by Crippen LogP contribution is -2.16. The highest BCUT2D eigenvalue weighted by atomic mass is 32.2. The number of benzene rings is 1. The maximum atomic E-state index is 13.8. The number of anilines is 1. The molecule has 0 saturated heterocycles. The molecule has 1 saturated carbocycles. The summed E-state index contributed by atoms with van der Waals surface area (Å²) in [6.07, 6.45) is 3.41. The first-order valence-corrected chi connectivity index (χ1v) is 9.78. The number of hydrogen-bond acceptors (Lipinski definition) is 4. The van der Waals surface area contributed by atoms with Gasteiger partial charge in [0.25, 0.3) is 10.0 Å². The summed E-state index contributed by atoms with van der Waals surface area (Å²) in [7, 11) is -4.06. The molecule has 1 heterocycles. The Balaban J connectivity index is 1.92. The molecule has 0 aliphatic heterocycles. The van der Waals surface area contributed by atoms with Gasteiger partial charge in [-0.25, -0.2) is 17.6 Å². The highest BCUT2D eigenvalue weighted by Gasteiger charge is 2.32. The molecule has 1 aliphatic rings. The summed E-state index contributed by atoms with van der Waals surface area (Å²) in [6.45, 7) is 4.78. The molecule has 0 amide bonds. The number of aromatic nitrogens is 2. The third-order valence-corrected chi connectivity index (χ3v) is 5.47. The molecule has 1 fully saturated rings. The number of halogens is 1. The van der Waals surface area contributed by atoms with Crippen molar-refractivity contribution in [1.29, 1.82) is 0 Å². The second-order valence-corrected chi connectivity index (χ2v) is 8.53. The monoisotopic (exact) mass is 381 g/mol. The summed E-state index contributed by atoms with van der Waals surface area (Å²) in [5.74, 6) is -1.93. The van der Waals surface area contributed by atoms with E-state index in [9.17, 15) is 17.6 Å². The zero-order valence-corrected chi connectivity index (χ0v) is 15.3. The van der Waals surface area contributed by atoms with Gasteiger partial charge in [0, 0.05) is 12.5 Å². The summed E-state index contributed by atoms with van der Waals surface area (Å²) >= 11 is 0. The number of rotatable bonds is 7. The Labute approximate surface area is 150 Å². The van der Waals surface area contributed by atoms with Crippen LogP contribution in [0.2, 0.25) is 0 Å². The second-order valence-electron chi connectivity index (χ2n) is 6.85. The lowest BCUT2D eigenvalue weighted by atomic mass is 10.2. The highest BCUT2D eigenvalue weighted by molar-refractivity contribution is 7.92. The fraction of sp³-hybridized carbons (Fsp3) is 0.412. The molecule has 2 N–H and O–H groups in total. The Morgan fingerprint density at radius 2 is 2.12 bits per heavy atom. The predicted molar refractivity (Wildman–Crippen MR) is 93.2 cm³/mol. The number of hydrogen-bond donors (Lipinski definition) is 2. The minimum atomic E-state index is -4.06. The van der Waals surface area contributed by atoms with Crippen LogP contribution in [0.1, 0.15) is 48.7 Å². The van der Waals surface area contributed by atoms with Crippen LogP contribution in [-0.4, -0.2) is 29.3 Å². The SMILES string of the molecule is CC(C)Cn1ncc(NS(=O)(=O)c2ccc(C(=O)O)c(F)c2)c1C1CC1. The van der Waals surface area contributed by atoms with Crippen molar-refractivity contribution in [2.75, 3.05) is 4.72 Å². The number of nitrogens with one attached hydrogen (secondary N) is 1. The molecule has 2 aromatic rings. The van der Waals surface area contributed by atoms with E-state index in [2.05, 4.69) is 23.7 Å². The third-order valence-electron chi connectivity index (χ3n) is 4.11. The third kappa shape index (κ3) is 3.72. The Kier molecular flexibility index (Phi) is 4.74. The van der Waals surface area contributed by atoms with Crippen molar-refractivity contribution in [3.05, 3.63) is 41.5 Å². The molecule has 1 aromatic carbocycles. The summed E-state index contributed by atoms with van der Waals surface area (Å²) in [5, 5.41) is 13.1. The summed E-state index contributed by atoms with van der Waals surface area (Å²) in [6, 6.07) is 2.72. The van der Waals surface area contributed by atoms with E-state index >= 15 is 0 Å². The fourth-order valence-electron chi connectivity index (χ4n) is 2.79. The lowest BCUT2D eigenvalue weighted by Gasteiger charge is -2.12. The molecule has 1 aromatic heterocycles. The van der Waals surface area contributed by atoms with E-state index in [1.807, 2.05) is 4.68 Å². The van der Waals surface area contributed by atoms with Gasteiger partial charge in [-0.15, -0.1) is 0 Å². The number of carboxylic acids is 1. The smallest absolute Gasteiger partial charge is 0.338 e. The Bertz CT molecular complexity index is 949. The number of nitrogens with zero attached hydrogens (tertiary/aromatic N) is 2. The fourth-order valence-corrected chi connectivity index (χ4v) is 3.86. The van der Waals surface area contributed by atoms with Crippen molar-refractivity contribution < 1.29 is 22.7 Å². The van der Waals surface area contributed by atoms with Gasteiger partial charge in [-0.05, 0) is 37.0 Å². The van der Waals surface area contributed by atoms with E-state index in [-0.39, 0.29) is 10.8 Å². The molecule has 3 rings (SSSR count). The molecule has 140 valence electrons. The van der Waals surface area contributed by atoms with Crippen LogP contribution in [0.4, 0.5) is 10.1 Å². The summed E-state index contributed by atoms with van der Waals surface area (Å²) < 4.78 is 43.3. The van der Waals surface area contributed by atoms with Crippen molar-refractivity contribution in [3.8, 4) is 0 Å². The predicted octanol–water partition coefficient (Wildman–Crippen LogP) is 3.05. The maximum absolute atomic E-state index is 13.8. The van der Waals surface area contributed by atoms with E-state index in [0.717, 1.165) is 30.7 Å². The van der Waals surface area contributed by atoms with Crippen LogP contribution in [0.5, 0.6) is 0 Å². The minimum absolute atomic E-state index is 0.264. The van der Waals surface area contributed by atoms with Crippen LogP contribution < -0.4 is 4.72 Å². The molecule has 0 radical (unpaired) electrons. The van der Waals surface area contributed by atoms with Crippen molar-refractivity contribution in [2.24, 2.45) is 5.92 Å². The van der Waals surface area contributed by atoms with Crippen LogP contribution in [0.3, 0.4) is 0 Å². The standard InChI is InChI=1S/C17H20FN3O4S/c1-10(2)9-21-16(11-3-4-11)15(8-19-21)20-26(24,25)12-5-6-13(17(22)23)14(18)7-12/h5-8,10-11,20H,3-4,9H2,1-2H3,(H,22,23). The maximum Gasteiger partial charge on any atom is 0.338 e. The summed E-state index contributed by atoms with van der Waals surface area (Å²) in [4.78, 5) is 10.5. The van der Waals surface area contributed by atoms with E-state index in [0.29, 0.717) is 24.2 Å². The first kappa shape index (κ1) is 18.4. The first-order chi connectivity index (χ1) is 12.2. The topological polar surface area (TPSA) is 101 Å². The van der Waals surface area contributed by atoms with Gasteiger partial charge >= 0.3 is 5.97 Å². The molecule has 1 aliphatic carbocycles. The Morgan fingerprint density at radius 3 is 2.65 bits per heavy atom. The Hall–Kier alpha value is -2.42. The van der Waals surface area contributed by atoms with Gasteiger partial charge in [-0.3, -0.25) is 9.40 Å². The molecule has 7 nitrogen and oxygen atoms in total. The molecule has 26 heavy (non-hydrogen) atoms. The van der Waals surface area contributed by atoms with Crippen molar-refractivity contribution in [3.63, 3.8) is 0 Å². The number of sulfonamides is 1. The summed E-state index contributed by atoms with van der Waals surface area (Å²) in [5.41, 5.74) is 0.646. The van der Waals surface area contributed by atoms with Crippen LogP contribution in [0.15, 0.2) is 29.3 Å². The number of carbonyl (C=O) groups is 1. The van der Waals surface area contributed by atoms with Gasteiger partial charge in [-0.2, -0.15) is 5.10 Å².